The fraction of sp³-hybridized carbons (Fsp3) is 0.455. The fourth-order valence-electron chi connectivity index (χ4n) is 1.19. The van der Waals surface area contributed by atoms with Crippen molar-refractivity contribution in [3.8, 4) is 5.88 Å². The summed E-state index contributed by atoms with van der Waals surface area (Å²) in [5, 5.41) is 11.6. The second-order valence-corrected chi connectivity index (χ2v) is 3.66. The van der Waals surface area contributed by atoms with E-state index in [1.807, 2.05) is 20.8 Å². The lowest BCUT2D eigenvalue weighted by Gasteiger charge is -2.12. The monoisotopic (exact) mass is 223 g/mol. The molecule has 1 atom stereocenters. The van der Waals surface area contributed by atoms with Crippen molar-refractivity contribution in [2.24, 2.45) is 10.9 Å². The predicted octanol–water partition coefficient (Wildman–Crippen LogP) is 1.66. The van der Waals surface area contributed by atoms with Gasteiger partial charge in [-0.3, -0.25) is 0 Å². The number of aromatic nitrogens is 1. The molecule has 1 rings (SSSR count). The molecule has 16 heavy (non-hydrogen) atoms. The minimum absolute atomic E-state index is 0.0551. The normalized spacial score (nSPS) is 13.6. The van der Waals surface area contributed by atoms with Crippen molar-refractivity contribution >= 4 is 5.84 Å². The molecule has 0 amide bonds. The Balaban J connectivity index is 2.99. The summed E-state index contributed by atoms with van der Waals surface area (Å²) in [6, 6.07) is 3.40. The summed E-state index contributed by atoms with van der Waals surface area (Å²) in [5.41, 5.74) is 6.88. The van der Waals surface area contributed by atoms with Gasteiger partial charge < -0.3 is 15.7 Å². The molecule has 0 bridgehead atoms. The molecule has 0 saturated heterocycles. The first kappa shape index (κ1) is 12.3. The minimum atomic E-state index is 0.0551. The fourth-order valence-corrected chi connectivity index (χ4v) is 1.19. The summed E-state index contributed by atoms with van der Waals surface area (Å²) in [6.07, 6.45) is 0.989. The van der Waals surface area contributed by atoms with E-state index in [4.69, 9.17) is 15.7 Å². The van der Waals surface area contributed by atoms with Crippen molar-refractivity contribution in [1.29, 1.82) is 0 Å². The molecule has 88 valence electrons. The van der Waals surface area contributed by atoms with E-state index in [0.717, 1.165) is 12.1 Å². The van der Waals surface area contributed by atoms with Gasteiger partial charge in [-0.2, -0.15) is 0 Å². The lowest BCUT2D eigenvalue weighted by atomic mass is 10.2. The number of rotatable bonds is 4. The predicted molar refractivity (Wildman–Crippen MR) is 61.9 cm³/mol. The quantitative estimate of drug-likeness (QED) is 0.352. The zero-order valence-electron chi connectivity index (χ0n) is 9.77. The molecule has 0 spiro atoms. The number of oxime groups is 1. The Hall–Kier alpha value is -1.78. The molecule has 1 aromatic heterocycles. The highest BCUT2D eigenvalue weighted by Gasteiger charge is 2.07. The molecular weight excluding hydrogens is 206 g/mol. The average Bonchev–Trinajstić information content (AvgIpc) is 2.27. The Bertz CT molecular complexity index is 391. The van der Waals surface area contributed by atoms with Gasteiger partial charge in [0.25, 0.3) is 0 Å². The van der Waals surface area contributed by atoms with E-state index < -0.39 is 0 Å². The van der Waals surface area contributed by atoms with Gasteiger partial charge in [-0.05, 0) is 26.3 Å². The Morgan fingerprint density at radius 1 is 1.62 bits per heavy atom. The maximum absolute atomic E-state index is 8.60. The third-order valence-electron chi connectivity index (χ3n) is 2.23. The van der Waals surface area contributed by atoms with Gasteiger partial charge in [-0.1, -0.05) is 12.1 Å². The third kappa shape index (κ3) is 3.12. The van der Waals surface area contributed by atoms with Crippen LogP contribution in [-0.4, -0.2) is 22.1 Å². The number of nitrogens with two attached hydrogens (primary N) is 1. The smallest absolute Gasteiger partial charge is 0.214 e. The van der Waals surface area contributed by atoms with Crippen LogP contribution >= 0.6 is 0 Å². The van der Waals surface area contributed by atoms with Crippen LogP contribution in [0.4, 0.5) is 0 Å². The summed E-state index contributed by atoms with van der Waals surface area (Å²) in [5.74, 6) is 0.551. The molecule has 0 aliphatic heterocycles. The molecular formula is C11H17N3O2. The number of nitrogens with zero attached hydrogens (tertiary/aromatic N) is 2. The average molecular weight is 223 g/mol. The van der Waals surface area contributed by atoms with E-state index in [9.17, 15) is 0 Å². The lowest BCUT2D eigenvalue weighted by Crippen LogP contribution is -2.16. The first-order valence-electron chi connectivity index (χ1n) is 5.20. The van der Waals surface area contributed by atoms with Crippen LogP contribution < -0.4 is 10.5 Å². The largest absolute Gasteiger partial charge is 0.475 e. The Morgan fingerprint density at radius 2 is 2.31 bits per heavy atom. The van der Waals surface area contributed by atoms with Crippen LogP contribution in [-0.2, 0) is 0 Å². The molecule has 0 saturated carbocycles. The van der Waals surface area contributed by atoms with E-state index in [-0.39, 0.29) is 11.9 Å². The molecule has 0 aliphatic rings. The first-order valence-corrected chi connectivity index (χ1v) is 5.20. The topological polar surface area (TPSA) is 80.7 Å². The van der Waals surface area contributed by atoms with Gasteiger partial charge in [0, 0.05) is 17.3 Å². The third-order valence-corrected chi connectivity index (χ3v) is 2.23. The van der Waals surface area contributed by atoms with Crippen LogP contribution in [0, 0.1) is 6.92 Å². The van der Waals surface area contributed by atoms with Crippen molar-refractivity contribution in [1.82, 2.24) is 4.98 Å². The first-order chi connectivity index (χ1) is 7.56. The van der Waals surface area contributed by atoms with Crippen molar-refractivity contribution in [2.75, 3.05) is 0 Å². The summed E-state index contributed by atoms with van der Waals surface area (Å²) in [7, 11) is 0. The Morgan fingerprint density at radius 3 is 2.88 bits per heavy atom. The summed E-state index contributed by atoms with van der Waals surface area (Å²) >= 11 is 0. The number of ether oxygens (including phenoxy) is 1. The van der Waals surface area contributed by atoms with Crippen LogP contribution in [0.1, 0.15) is 31.5 Å². The number of hydrogen-bond acceptors (Lipinski definition) is 4. The van der Waals surface area contributed by atoms with E-state index in [2.05, 4.69) is 10.1 Å². The summed E-state index contributed by atoms with van der Waals surface area (Å²) < 4.78 is 5.58. The molecule has 1 aromatic rings. The number of amidine groups is 1. The Labute approximate surface area is 94.9 Å². The molecule has 0 aliphatic carbocycles. The van der Waals surface area contributed by atoms with Crippen LogP contribution in [0.5, 0.6) is 5.88 Å². The van der Waals surface area contributed by atoms with Crippen LogP contribution in [0.3, 0.4) is 0 Å². The minimum Gasteiger partial charge on any atom is -0.475 e. The zero-order chi connectivity index (χ0) is 12.1. The lowest BCUT2D eigenvalue weighted by molar-refractivity contribution is 0.208. The van der Waals surface area contributed by atoms with Crippen LogP contribution in [0.25, 0.3) is 0 Å². The molecule has 0 aromatic carbocycles. The number of hydrogen-bond donors (Lipinski definition) is 2. The standard InChI is InChI=1S/C11H17N3O2/c1-4-8(3)16-10-6-9(11(12)14-15)5-7(2)13-10/h5-6,8,15H,4H2,1-3H3,(H2,12,14). The summed E-state index contributed by atoms with van der Waals surface area (Å²) in [4.78, 5) is 4.22. The summed E-state index contributed by atoms with van der Waals surface area (Å²) in [6.45, 7) is 5.83. The molecule has 1 heterocycles. The van der Waals surface area contributed by atoms with Crippen molar-refractivity contribution in [3.63, 3.8) is 0 Å². The van der Waals surface area contributed by atoms with Gasteiger partial charge in [-0.15, -0.1) is 0 Å². The van der Waals surface area contributed by atoms with Crippen LogP contribution in [0.15, 0.2) is 17.3 Å². The number of pyridine rings is 1. The van der Waals surface area contributed by atoms with Gasteiger partial charge in [0.05, 0.1) is 6.10 Å². The van der Waals surface area contributed by atoms with E-state index in [0.29, 0.717) is 11.4 Å². The van der Waals surface area contributed by atoms with Crippen molar-refractivity contribution < 1.29 is 9.94 Å². The SMILES string of the molecule is CCC(C)Oc1cc(/C(N)=N/O)cc(C)n1. The second-order valence-electron chi connectivity index (χ2n) is 3.66. The van der Waals surface area contributed by atoms with Gasteiger partial charge in [0.1, 0.15) is 0 Å². The van der Waals surface area contributed by atoms with Crippen LogP contribution in [0.2, 0.25) is 0 Å². The van der Waals surface area contributed by atoms with Gasteiger partial charge in [-0.25, -0.2) is 4.98 Å². The van der Waals surface area contributed by atoms with Gasteiger partial charge in [0.2, 0.25) is 5.88 Å². The second kappa shape index (κ2) is 5.34. The highest BCUT2D eigenvalue weighted by Crippen LogP contribution is 2.14. The zero-order valence-corrected chi connectivity index (χ0v) is 9.77. The van der Waals surface area contributed by atoms with Crippen molar-refractivity contribution in [3.05, 3.63) is 23.4 Å². The van der Waals surface area contributed by atoms with E-state index in [1.165, 1.54) is 0 Å². The number of aryl methyl sites for hydroxylation is 1. The maximum atomic E-state index is 8.60. The van der Waals surface area contributed by atoms with Gasteiger partial charge >= 0.3 is 0 Å². The highest BCUT2D eigenvalue weighted by atomic mass is 16.5. The maximum Gasteiger partial charge on any atom is 0.214 e. The molecule has 5 nitrogen and oxygen atoms in total. The Kier molecular flexibility index (Phi) is 4.10. The molecule has 3 N–H and O–H groups in total. The van der Waals surface area contributed by atoms with E-state index in [1.54, 1.807) is 12.1 Å². The molecule has 0 fully saturated rings. The van der Waals surface area contributed by atoms with E-state index >= 15 is 0 Å². The molecule has 0 radical (unpaired) electrons. The molecule has 1 unspecified atom stereocenters. The molecule has 5 heteroatoms. The highest BCUT2D eigenvalue weighted by molar-refractivity contribution is 5.97. The van der Waals surface area contributed by atoms with Gasteiger partial charge in [0.15, 0.2) is 5.84 Å². The van der Waals surface area contributed by atoms with Crippen molar-refractivity contribution in [2.45, 2.75) is 33.3 Å².